The topological polar surface area (TPSA) is 30.9 Å². The fourth-order valence-electron chi connectivity index (χ4n) is 3.36. The van der Waals surface area contributed by atoms with Crippen LogP contribution in [0.1, 0.15) is 5.56 Å². The molecule has 0 aliphatic carbocycles. The van der Waals surface area contributed by atoms with E-state index in [1.54, 1.807) is 0 Å². The van der Waals surface area contributed by atoms with Crippen molar-refractivity contribution in [3.63, 3.8) is 0 Å². The minimum Gasteiger partial charge on any atom is -0.259 e. The smallest absolute Gasteiger partial charge is 0.176 e. The largest absolute Gasteiger partial charge is 0.259 e. The van der Waals surface area contributed by atoms with E-state index in [2.05, 4.69) is 66.1 Å². The predicted molar refractivity (Wildman–Crippen MR) is 127 cm³/mol. The highest BCUT2D eigenvalue weighted by molar-refractivity contribution is 6.02. The Kier molecular flexibility index (Phi) is 5.68. The van der Waals surface area contributed by atoms with Crippen LogP contribution >= 0.6 is 12.4 Å². The molecule has 4 nitrogen and oxygen atoms in total. The van der Waals surface area contributed by atoms with Crippen molar-refractivity contribution in [3.8, 4) is 11.1 Å². The molecule has 0 saturated carbocycles. The van der Waals surface area contributed by atoms with E-state index in [4.69, 9.17) is 5.10 Å². The van der Waals surface area contributed by atoms with Gasteiger partial charge in [0.15, 0.2) is 5.84 Å². The average molecular weight is 413 g/mol. The van der Waals surface area contributed by atoms with E-state index in [-0.39, 0.29) is 12.4 Å². The molecular weight excluding hydrogens is 392 g/mol. The monoisotopic (exact) mass is 412 g/mol. The molecule has 0 fully saturated rings. The van der Waals surface area contributed by atoms with Gasteiger partial charge in [-0.2, -0.15) is 10.2 Å². The normalized spacial score (nSPS) is 12.7. The molecule has 5 rings (SSSR count). The third-order valence-corrected chi connectivity index (χ3v) is 4.85. The zero-order valence-corrected chi connectivity index (χ0v) is 17.0. The summed E-state index contributed by atoms with van der Waals surface area (Å²) in [7, 11) is 0. The highest BCUT2D eigenvalue weighted by Crippen LogP contribution is 2.28. The lowest BCUT2D eigenvalue weighted by molar-refractivity contribution is 0.771. The minimum absolute atomic E-state index is 0. The van der Waals surface area contributed by atoms with Gasteiger partial charge in [-0.15, -0.1) is 17.5 Å². The van der Waals surface area contributed by atoms with Gasteiger partial charge in [0.25, 0.3) is 0 Å². The standard InChI is InChI=1S/C25H20N4.ClH/c1-4-10-20(11-5-1)21-16-18-24(19-17-21)29-27-25(22-12-6-2-7-13-22)26-28(29)23-14-8-3-9-15-23;/h1-19H,(H,26,27);1H. The van der Waals surface area contributed by atoms with Crippen LogP contribution in [0, 0.1) is 0 Å². The van der Waals surface area contributed by atoms with E-state index < -0.39 is 0 Å². The maximum absolute atomic E-state index is 4.83. The van der Waals surface area contributed by atoms with Crippen LogP contribution in [-0.4, -0.2) is 5.84 Å². The second-order valence-corrected chi connectivity index (χ2v) is 6.78. The molecule has 4 aromatic carbocycles. The summed E-state index contributed by atoms with van der Waals surface area (Å²) in [6.45, 7) is 0. The third kappa shape index (κ3) is 3.86. The predicted octanol–water partition coefficient (Wildman–Crippen LogP) is 5.88. The van der Waals surface area contributed by atoms with E-state index in [9.17, 15) is 0 Å². The molecule has 4 aromatic rings. The number of benzene rings is 4. The summed E-state index contributed by atoms with van der Waals surface area (Å²) >= 11 is 0. The molecule has 1 N–H and O–H groups in total. The van der Waals surface area contributed by atoms with Gasteiger partial charge in [0.05, 0.1) is 11.4 Å². The summed E-state index contributed by atoms with van der Waals surface area (Å²) in [5, 5.41) is 8.69. The third-order valence-electron chi connectivity index (χ3n) is 4.85. The molecule has 0 unspecified atom stereocenters. The minimum atomic E-state index is 0. The number of para-hydroxylation sites is 1. The zero-order chi connectivity index (χ0) is 19.5. The van der Waals surface area contributed by atoms with Crippen molar-refractivity contribution in [2.75, 3.05) is 10.2 Å². The van der Waals surface area contributed by atoms with Crippen molar-refractivity contribution in [1.82, 2.24) is 5.43 Å². The van der Waals surface area contributed by atoms with Crippen molar-refractivity contribution in [1.29, 1.82) is 0 Å². The van der Waals surface area contributed by atoms with Crippen molar-refractivity contribution in [3.05, 3.63) is 121 Å². The van der Waals surface area contributed by atoms with E-state index in [1.807, 2.05) is 64.8 Å². The Balaban J connectivity index is 0.00000218. The maximum Gasteiger partial charge on any atom is 0.176 e. The average Bonchev–Trinajstić information content (AvgIpc) is 3.27. The Morgan fingerprint density at radius 2 is 1.00 bits per heavy atom. The zero-order valence-electron chi connectivity index (χ0n) is 16.2. The lowest BCUT2D eigenvalue weighted by Crippen LogP contribution is -2.44. The first kappa shape index (κ1) is 19.6. The lowest BCUT2D eigenvalue weighted by Gasteiger charge is -2.28. The summed E-state index contributed by atoms with van der Waals surface area (Å²) in [6.07, 6.45) is 0. The van der Waals surface area contributed by atoms with E-state index in [1.165, 1.54) is 11.1 Å². The van der Waals surface area contributed by atoms with Crippen molar-refractivity contribution in [2.24, 2.45) is 5.10 Å². The Morgan fingerprint density at radius 1 is 0.500 bits per heavy atom. The number of anilines is 2. The van der Waals surface area contributed by atoms with Crippen LogP contribution in [0.25, 0.3) is 11.1 Å². The van der Waals surface area contributed by atoms with Crippen LogP contribution in [0.15, 0.2) is 120 Å². The second kappa shape index (κ2) is 8.72. The number of halogens is 1. The maximum atomic E-state index is 4.83. The number of hydrogen-bond donors (Lipinski definition) is 1. The molecule has 5 heteroatoms. The molecule has 1 aliphatic heterocycles. The summed E-state index contributed by atoms with van der Waals surface area (Å²) < 4.78 is 0. The van der Waals surface area contributed by atoms with Gasteiger partial charge >= 0.3 is 0 Å². The first-order valence-electron chi connectivity index (χ1n) is 9.60. The molecular formula is C25H21ClN4. The Hall–Kier alpha value is -3.76. The van der Waals surface area contributed by atoms with Crippen molar-refractivity contribution < 1.29 is 0 Å². The van der Waals surface area contributed by atoms with Crippen LogP contribution in [0.3, 0.4) is 0 Å². The highest BCUT2D eigenvalue weighted by atomic mass is 35.5. The molecule has 0 atom stereocenters. The van der Waals surface area contributed by atoms with E-state index in [0.29, 0.717) is 0 Å². The number of amidine groups is 1. The summed E-state index contributed by atoms with van der Waals surface area (Å²) in [6, 6.07) is 39.2. The molecule has 0 spiro atoms. The molecule has 1 heterocycles. The summed E-state index contributed by atoms with van der Waals surface area (Å²) in [5.74, 6) is 0.807. The summed E-state index contributed by atoms with van der Waals surface area (Å²) in [4.78, 5) is 0. The molecule has 0 radical (unpaired) electrons. The van der Waals surface area contributed by atoms with Gasteiger partial charge in [-0.05, 0) is 35.4 Å². The number of nitrogens with zero attached hydrogens (tertiary/aromatic N) is 3. The second-order valence-electron chi connectivity index (χ2n) is 6.78. The van der Waals surface area contributed by atoms with Gasteiger partial charge in [-0.25, -0.2) is 0 Å². The molecule has 0 amide bonds. The van der Waals surface area contributed by atoms with Crippen LogP contribution in [0.2, 0.25) is 0 Å². The molecule has 0 bridgehead atoms. The molecule has 148 valence electrons. The summed E-state index contributed by atoms with van der Waals surface area (Å²) in [5.41, 5.74) is 8.85. The van der Waals surface area contributed by atoms with E-state index in [0.717, 1.165) is 22.8 Å². The number of nitrogens with one attached hydrogen (secondary N) is 1. The molecule has 0 aromatic heterocycles. The van der Waals surface area contributed by atoms with Gasteiger partial charge < -0.3 is 0 Å². The molecule has 1 aliphatic rings. The van der Waals surface area contributed by atoms with Crippen LogP contribution in [-0.2, 0) is 0 Å². The fraction of sp³-hybridized carbons (Fsp3) is 0. The van der Waals surface area contributed by atoms with Crippen molar-refractivity contribution >= 4 is 29.6 Å². The molecule has 0 saturated heterocycles. The van der Waals surface area contributed by atoms with Crippen LogP contribution < -0.4 is 15.7 Å². The van der Waals surface area contributed by atoms with Crippen LogP contribution in [0.4, 0.5) is 11.4 Å². The van der Waals surface area contributed by atoms with Gasteiger partial charge in [-0.3, -0.25) is 5.43 Å². The number of rotatable bonds is 4. The molecule has 30 heavy (non-hydrogen) atoms. The van der Waals surface area contributed by atoms with Crippen LogP contribution in [0.5, 0.6) is 0 Å². The lowest BCUT2D eigenvalue weighted by atomic mass is 10.1. The first-order chi connectivity index (χ1) is 14.4. The quantitative estimate of drug-likeness (QED) is 0.453. The Morgan fingerprint density at radius 3 is 1.60 bits per heavy atom. The Bertz CT molecular complexity index is 1110. The first-order valence-corrected chi connectivity index (χ1v) is 9.60. The SMILES string of the molecule is Cl.c1ccc(C2=NN(c3ccccc3)N(c3ccc(-c4ccccc4)cc3)N2)cc1. The highest BCUT2D eigenvalue weighted by Gasteiger charge is 2.26. The Labute approximate surface area is 182 Å². The van der Waals surface area contributed by atoms with Crippen molar-refractivity contribution in [2.45, 2.75) is 0 Å². The van der Waals surface area contributed by atoms with E-state index >= 15 is 0 Å². The van der Waals surface area contributed by atoms with Gasteiger partial charge in [0, 0.05) is 5.56 Å². The van der Waals surface area contributed by atoms with Gasteiger partial charge in [0.2, 0.25) is 0 Å². The number of hydrazine groups is 2. The number of hydrogen-bond acceptors (Lipinski definition) is 4. The number of hydrazone groups is 1. The fourth-order valence-corrected chi connectivity index (χ4v) is 3.36. The van der Waals surface area contributed by atoms with Gasteiger partial charge in [0.1, 0.15) is 0 Å². The van der Waals surface area contributed by atoms with Gasteiger partial charge in [-0.1, -0.05) is 91.0 Å².